The van der Waals surface area contributed by atoms with Gasteiger partial charge in [0.25, 0.3) is 0 Å². The first kappa shape index (κ1) is 6.10. The Kier molecular flexibility index (Phi) is 1.69. The Morgan fingerprint density at radius 1 is 1.89 bits per heavy atom. The number of nitroso groups, excluding NO2 is 1. The molecule has 0 radical (unpaired) electrons. The fourth-order valence-electron chi connectivity index (χ4n) is 0.633. The maximum Gasteiger partial charge on any atom is 0.193 e. The van der Waals surface area contributed by atoms with Crippen LogP contribution in [0, 0.1) is 4.91 Å². The minimum absolute atomic E-state index is 0.189. The SMILES string of the molecule is NC1CC=CC(N=O)=N1. The summed E-state index contributed by atoms with van der Waals surface area (Å²) in [4.78, 5) is 13.5. The van der Waals surface area contributed by atoms with E-state index in [4.69, 9.17) is 5.73 Å². The van der Waals surface area contributed by atoms with Gasteiger partial charge in [-0.1, -0.05) is 6.08 Å². The van der Waals surface area contributed by atoms with Gasteiger partial charge in [-0.3, -0.25) is 0 Å². The molecule has 0 fully saturated rings. The maximum atomic E-state index is 9.82. The van der Waals surface area contributed by atoms with Crippen LogP contribution in [0.4, 0.5) is 0 Å². The molecule has 9 heavy (non-hydrogen) atoms. The molecule has 4 heteroatoms. The average Bonchev–Trinajstić information content (AvgIpc) is 1.88. The molecule has 1 unspecified atom stereocenters. The molecular weight excluding hydrogens is 118 g/mol. The second kappa shape index (κ2) is 2.50. The standard InChI is InChI=1S/C5H7N3O/c6-4-2-1-3-5(7-4)8-9/h1,3-4H,2,6H2. The van der Waals surface area contributed by atoms with Gasteiger partial charge < -0.3 is 5.73 Å². The zero-order valence-electron chi connectivity index (χ0n) is 4.82. The minimum atomic E-state index is -0.275. The molecule has 0 aromatic heterocycles. The number of rotatable bonds is 0. The highest BCUT2D eigenvalue weighted by Gasteiger charge is 2.03. The van der Waals surface area contributed by atoms with Gasteiger partial charge in [0.2, 0.25) is 0 Å². The molecule has 0 saturated carbocycles. The molecule has 0 aromatic rings. The molecule has 48 valence electrons. The molecule has 0 spiro atoms. The van der Waals surface area contributed by atoms with Crippen LogP contribution >= 0.6 is 0 Å². The Balaban J connectivity index is 2.70. The van der Waals surface area contributed by atoms with Gasteiger partial charge in [-0.15, -0.1) is 4.91 Å². The van der Waals surface area contributed by atoms with Crippen molar-refractivity contribution in [2.75, 3.05) is 0 Å². The first-order valence-electron chi connectivity index (χ1n) is 2.66. The summed E-state index contributed by atoms with van der Waals surface area (Å²) in [6, 6.07) is 0. The molecule has 0 aromatic carbocycles. The Labute approximate surface area is 52.4 Å². The van der Waals surface area contributed by atoms with E-state index in [2.05, 4.69) is 10.2 Å². The summed E-state index contributed by atoms with van der Waals surface area (Å²) in [5, 5.41) is 2.63. The quantitative estimate of drug-likeness (QED) is 0.476. The highest BCUT2D eigenvalue weighted by molar-refractivity contribution is 5.94. The van der Waals surface area contributed by atoms with E-state index >= 15 is 0 Å². The molecule has 0 aliphatic carbocycles. The summed E-state index contributed by atoms with van der Waals surface area (Å²) >= 11 is 0. The molecule has 2 N–H and O–H groups in total. The van der Waals surface area contributed by atoms with Crippen molar-refractivity contribution in [3.8, 4) is 0 Å². The largest absolute Gasteiger partial charge is 0.309 e. The van der Waals surface area contributed by atoms with Gasteiger partial charge in [-0.25, -0.2) is 4.99 Å². The molecular formula is C5H7N3O. The number of amidine groups is 1. The van der Waals surface area contributed by atoms with Gasteiger partial charge in [0.1, 0.15) is 6.17 Å². The predicted octanol–water partition coefficient (Wildman–Crippen LogP) is 0.396. The van der Waals surface area contributed by atoms with E-state index in [0.29, 0.717) is 6.42 Å². The van der Waals surface area contributed by atoms with Crippen molar-refractivity contribution in [3.05, 3.63) is 17.1 Å². The number of aliphatic imine (C=N–C) groups is 1. The van der Waals surface area contributed by atoms with Crippen LogP contribution in [0.25, 0.3) is 0 Å². The molecule has 0 amide bonds. The summed E-state index contributed by atoms with van der Waals surface area (Å²) < 4.78 is 0. The fraction of sp³-hybridized carbons (Fsp3) is 0.400. The highest BCUT2D eigenvalue weighted by atomic mass is 16.3. The average molecular weight is 125 g/mol. The molecule has 1 atom stereocenters. The van der Waals surface area contributed by atoms with Crippen LogP contribution in [0.15, 0.2) is 22.3 Å². The Morgan fingerprint density at radius 2 is 2.67 bits per heavy atom. The van der Waals surface area contributed by atoms with E-state index in [-0.39, 0.29) is 12.0 Å². The molecule has 1 heterocycles. The van der Waals surface area contributed by atoms with Crippen LogP contribution in [0.3, 0.4) is 0 Å². The van der Waals surface area contributed by atoms with E-state index in [1.54, 1.807) is 12.2 Å². The van der Waals surface area contributed by atoms with E-state index < -0.39 is 0 Å². The number of dihydropyridines is 1. The summed E-state index contributed by atoms with van der Waals surface area (Å²) in [5.41, 5.74) is 5.36. The Morgan fingerprint density at radius 3 is 3.11 bits per heavy atom. The predicted molar refractivity (Wildman–Crippen MR) is 35.0 cm³/mol. The second-order valence-corrected chi connectivity index (χ2v) is 1.78. The number of nitrogens with zero attached hydrogens (tertiary/aromatic N) is 2. The Hall–Kier alpha value is -1.03. The molecule has 4 nitrogen and oxygen atoms in total. The van der Waals surface area contributed by atoms with E-state index in [0.717, 1.165) is 0 Å². The van der Waals surface area contributed by atoms with Gasteiger partial charge in [-0.2, -0.15) is 0 Å². The van der Waals surface area contributed by atoms with Crippen LogP contribution in [0.5, 0.6) is 0 Å². The first-order chi connectivity index (χ1) is 4.33. The van der Waals surface area contributed by atoms with Crippen molar-refractivity contribution < 1.29 is 0 Å². The highest BCUT2D eigenvalue weighted by Crippen LogP contribution is 2.01. The zero-order chi connectivity index (χ0) is 6.69. The smallest absolute Gasteiger partial charge is 0.193 e. The van der Waals surface area contributed by atoms with Crippen molar-refractivity contribution >= 4 is 5.84 Å². The van der Waals surface area contributed by atoms with Gasteiger partial charge in [0.05, 0.1) is 0 Å². The van der Waals surface area contributed by atoms with Crippen molar-refractivity contribution in [3.63, 3.8) is 0 Å². The van der Waals surface area contributed by atoms with E-state index in [9.17, 15) is 4.91 Å². The normalized spacial score (nSPS) is 25.4. The third kappa shape index (κ3) is 1.43. The third-order valence-corrected chi connectivity index (χ3v) is 1.04. The van der Waals surface area contributed by atoms with Gasteiger partial charge in [0, 0.05) is 6.42 Å². The number of hydrogen-bond acceptors (Lipinski definition) is 4. The van der Waals surface area contributed by atoms with E-state index in [1.165, 1.54) is 0 Å². The van der Waals surface area contributed by atoms with Crippen LogP contribution in [0.2, 0.25) is 0 Å². The summed E-state index contributed by atoms with van der Waals surface area (Å²) in [5.74, 6) is 0.189. The third-order valence-electron chi connectivity index (χ3n) is 1.04. The van der Waals surface area contributed by atoms with Gasteiger partial charge >= 0.3 is 0 Å². The van der Waals surface area contributed by atoms with Crippen molar-refractivity contribution in [2.45, 2.75) is 12.6 Å². The monoisotopic (exact) mass is 125 g/mol. The number of hydrogen-bond donors (Lipinski definition) is 1. The van der Waals surface area contributed by atoms with Crippen LogP contribution in [0.1, 0.15) is 6.42 Å². The molecule has 0 saturated heterocycles. The zero-order valence-corrected chi connectivity index (χ0v) is 4.82. The van der Waals surface area contributed by atoms with Gasteiger partial charge in [-0.05, 0) is 11.3 Å². The van der Waals surface area contributed by atoms with E-state index in [1.807, 2.05) is 0 Å². The molecule has 1 aliphatic heterocycles. The summed E-state index contributed by atoms with van der Waals surface area (Å²) in [6.07, 6.45) is 3.77. The Bertz CT molecular complexity index is 173. The van der Waals surface area contributed by atoms with Crippen LogP contribution < -0.4 is 5.73 Å². The molecule has 1 rings (SSSR count). The fourth-order valence-corrected chi connectivity index (χ4v) is 0.633. The minimum Gasteiger partial charge on any atom is -0.309 e. The van der Waals surface area contributed by atoms with Crippen molar-refractivity contribution in [1.82, 2.24) is 0 Å². The molecule has 0 bridgehead atoms. The lowest BCUT2D eigenvalue weighted by molar-refractivity contribution is 0.715. The maximum absolute atomic E-state index is 9.82. The lowest BCUT2D eigenvalue weighted by atomic mass is 10.2. The topological polar surface area (TPSA) is 67.8 Å². The van der Waals surface area contributed by atoms with Crippen LogP contribution in [-0.2, 0) is 0 Å². The van der Waals surface area contributed by atoms with Gasteiger partial charge in [0.15, 0.2) is 5.84 Å². The number of nitrogens with two attached hydrogens (primary N) is 1. The summed E-state index contributed by atoms with van der Waals surface area (Å²) in [7, 11) is 0. The second-order valence-electron chi connectivity index (χ2n) is 1.78. The summed E-state index contributed by atoms with van der Waals surface area (Å²) in [6.45, 7) is 0. The lowest BCUT2D eigenvalue weighted by Gasteiger charge is -2.05. The first-order valence-corrected chi connectivity index (χ1v) is 2.66. The molecule has 1 aliphatic rings. The van der Waals surface area contributed by atoms with Crippen molar-refractivity contribution in [1.29, 1.82) is 0 Å². The van der Waals surface area contributed by atoms with Crippen LogP contribution in [-0.4, -0.2) is 12.0 Å². The van der Waals surface area contributed by atoms with Crippen molar-refractivity contribution in [2.24, 2.45) is 15.9 Å². The lowest BCUT2D eigenvalue weighted by Crippen LogP contribution is -2.19.